The van der Waals surface area contributed by atoms with Crippen LogP contribution in [0.4, 0.5) is 0 Å². The molecule has 1 aliphatic carbocycles. The Hall–Kier alpha value is -0.870. The lowest BCUT2D eigenvalue weighted by Crippen LogP contribution is -2.61. The zero-order valence-corrected chi connectivity index (χ0v) is 12.5. The molecule has 0 saturated carbocycles. The Morgan fingerprint density at radius 3 is 2.95 bits per heavy atom. The molecular weight excluding hydrogens is 252 g/mol. The van der Waals surface area contributed by atoms with E-state index >= 15 is 0 Å². The van der Waals surface area contributed by atoms with E-state index in [1.807, 2.05) is 4.90 Å². The first-order valence-electron chi connectivity index (χ1n) is 8.00. The number of fused-ring (bicyclic) bond motifs is 1. The highest BCUT2D eigenvalue weighted by Gasteiger charge is 2.38. The van der Waals surface area contributed by atoms with Gasteiger partial charge in [0.1, 0.15) is 0 Å². The van der Waals surface area contributed by atoms with Gasteiger partial charge in [0, 0.05) is 33.1 Å². The molecule has 0 bridgehead atoms. The van der Waals surface area contributed by atoms with Crippen LogP contribution in [0.5, 0.6) is 0 Å². The van der Waals surface area contributed by atoms with Crippen LogP contribution in [-0.2, 0) is 9.53 Å². The van der Waals surface area contributed by atoms with E-state index in [0.29, 0.717) is 6.61 Å². The number of hydrogen-bond acceptors (Lipinski definition) is 3. The van der Waals surface area contributed by atoms with Crippen molar-refractivity contribution in [2.45, 2.75) is 44.8 Å². The first-order valence-corrected chi connectivity index (χ1v) is 8.00. The number of amides is 1. The third-order valence-electron chi connectivity index (χ3n) is 4.97. The smallest absolute Gasteiger partial charge is 0.219 e. The predicted molar refractivity (Wildman–Crippen MR) is 78.5 cm³/mol. The highest BCUT2D eigenvalue weighted by Crippen LogP contribution is 2.26. The Balaban J connectivity index is 1.59. The molecule has 0 aromatic carbocycles. The number of rotatable bonds is 2. The number of nitrogens with zero attached hydrogens (tertiary/aromatic N) is 2. The maximum atomic E-state index is 11.8. The SMILES string of the molecule is CC(=O)N1CCO[C@@H]2CCN(CC3CC=CCC3)C[C@H]21. The van der Waals surface area contributed by atoms with Gasteiger partial charge in [0.15, 0.2) is 0 Å². The molecule has 3 atom stereocenters. The van der Waals surface area contributed by atoms with Crippen LogP contribution in [0.2, 0.25) is 0 Å². The summed E-state index contributed by atoms with van der Waals surface area (Å²) in [6.07, 6.45) is 9.72. The molecule has 3 aliphatic rings. The number of carbonyl (C=O) groups is 1. The molecule has 2 fully saturated rings. The summed E-state index contributed by atoms with van der Waals surface area (Å²) in [5.41, 5.74) is 0. The standard InChI is InChI=1S/C16H26N2O2/c1-13(19)18-9-10-20-16-7-8-17(12-15(16)18)11-14-5-3-2-4-6-14/h2-3,14-16H,4-12H2,1H3/t14?,15-,16-/m1/s1. The van der Waals surface area contributed by atoms with Gasteiger partial charge in [-0.1, -0.05) is 12.2 Å². The third-order valence-corrected chi connectivity index (χ3v) is 4.97. The van der Waals surface area contributed by atoms with Gasteiger partial charge in [-0.2, -0.15) is 0 Å². The van der Waals surface area contributed by atoms with Crippen molar-refractivity contribution in [1.29, 1.82) is 0 Å². The molecule has 0 aromatic heterocycles. The Bertz CT molecular complexity index is 383. The highest BCUT2D eigenvalue weighted by atomic mass is 16.5. The van der Waals surface area contributed by atoms with Crippen molar-refractivity contribution in [2.24, 2.45) is 5.92 Å². The molecule has 2 aliphatic heterocycles. The second-order valence-electron chi connectivity index (χ2n) is 6.39. The number of hydrogen-bond donors (Lipinski definition) is 0. The van der Waals surface area contributed by atoms with Crippen LogP contribution in [-0.4, -0.2) is 60.6 Å². The molecule has 1 unspecified atom stereocenters. The van der Waals surface area contributed by atoms with Gasteiger partial charge in [-0.15, -0.1) is 0 Å². The zero-order chi connectivity index (χ0) is 13.9. The van der Waals surface area contributed by atoms with Crippen molar-refractivity contribution in [3.05, 3.63) is 12.2 Å². The van der Waals surface area contributed by atoms with Gasteiger partial charge < -0.3 is 14.5 Å². The lowest BCUT2D eigenvalue weighted by Gasteiger charge is -2.47. The molecular formula is C16H26N2O2. The van der Waals surface area contributed by atoms with Crippen LogP contribution in [0.15, 0.2) is 12.2 Å². The number of morpholine rings is 1. The lowest BCUT2D eigenvalue weighted by atomic mass is 9.92. The predicted octanol–water partition coefficient (Wildman–Crippen LogP) is 1.66. The van der Waals surface area contributed by atoms with Crippen molar-refractivity contribution in [1.82, 2.24) is 9.80 Å². The first-order chi connectivity index (χ1) is 9.74. The molecule has 0 aromatic rings. The minimum absolute atomic E-state index is 0.200. The topological polar surface area (TPSA) is 32.8 Å². The van der Waals surface area contributed by atoms with E-state index < -0.39 is 0 Å². The van der Waals surface area contributed by atoms with Crippen molar-refractivity contribution in [3.8, 4) is 0 Å². The summed E-state index contributed by atoms with van der Waals surface area (Å²) in [7, 11) is 0. The third kappa shape index (κ3) is 3.07. The number of allylic oxidation sites excluding steroid dienone is 2. The maximum absolute atomic E-state index is 11.8. The average molecular weight is 278 g/mol. The van der Waals surface area contributed by atoms with Gasteiger partial charge in [0.05, 0.1) is 18.8 Å². The fourth-order valence-corrected chi connectivity index (χ4v) is 3.88. The van der Waals surface area contributed by atoms with E-state index in [1.165, 1.54) is 25.8 Å². The van der Waals surface area contributed by atoms with Crippen LogP contribution < -0.4 is 0 Å². The van der Waals surface area contributed by atoms with Gasteiger partial charge in [0.2, 0.25) is 5.91 Å². The molecule has 1 amide bonds. The average Bonchev–Trinajstić information content (AvgIpc) is 2.47. The number of ether oxygens (including phenoxy) is 1. The minimum Gasteiger partial charge on any atom is -0.374 e. The van der Waals surface area contributed by atoms with E-state index in [9.17, 15) is 4.79 Å². The Morgan fingerprint density at radius 2 is 2.20 bits per heavy atom. The van der Waals surface area contributed by atoms with Gasteiger partial charge in [0.25, 0.3) is 0 Å². The lowest BCUT2D eigenvalue weighted by molar-refractivity contribution is -0.150. The van der Waals surface area contributed by atoms with E-state index in [-0.39, 0.29) is 18.1 Å². The van der Waals surface area contributed by atoms with Gasteiger partial charge >= 0.3 is 0 Å². The Kier molecular flexibility index (Phi) is 4.41. The summed E-state index contributed by atoms with van der Waals surface area (Å²) >= 11 is 0. The Morgan fingerprint density at radius 1 is 1.30 bits per heavy atom. The summed E-state index contributed by atoms with van der Waals surface area (Å²) in [6.45, 7) is 6.44. The summed E-state index contributed by atoms with van der Waals surface area (Å²) in [5, 5.41) is 0. The molecule has 2 heterocycles. The summed E-state index contributed by atoms with van der Waals surface area (Å²) in [5.74, 6) is 0.998. The monoisotopic (exact) mass is 278 g/mol. The molecule has 2 saturated heterocycles. The van der Waals surface area contributed by atoms with Crippen molar-refractivity contribution in [3.63, 3.8) is 0 Å². The normalized spacial score (nSPS) is 34.9. The minimum atomic E-state index is 0.200. The molecule has 0 radical (unpaired) electrons. The molecule has 0 spiro atoms. The summed E-state index contributed by atoms with van der Waals surface area (Å²) in [6, 6.07) is 0.272. The van der Waals surface area contributed by atoms with Crippen molar-refractivity contribution in [2.75, 3.05) is 32.8 Å². The van der Waals surface area contributed by atoms with Crippen molar-refractivity contribution < 1.29 is 9.53 Å². The molecule has 4 heteroatoms. The van der Waals surface area contributed by atoms with Crippen LogP contribution in [0.3, 0.4) is 0 Å². The first kappa shape index (κ1) is 14.1. The maximum Gasteiger partial charge on any atom is 0.219 e. The zero-order valence-electron chi connectivity index (χ0n) is 12.5. The van der Waals surface area contributed by atoms with E-state index in [4.69, 9.17) is 4.74 Å². The second-order valence-corrected chi connectivity index (χ2v) is 6.39. The van der Waals surface area contributed by atoms with Crippen LogP contribution in [0, 0.1) is 5.92 Å². The van der Waals surface area contributed by atoms with Gasteiger partial charge in [-0.3, -0.25) is 4.79 Å². The van der Waals surface area contributed by atoms with Crippen LogP contribution in [0.1, 0.15) is 32.6 Å². The molecule has 3 rings (SSSR count). The molecule has 0 N–H and O–H groups in total. The van der Waals surface area contributed by atoms with Gasteiger partial charge in [-0.05, 0) is 31.6 Å². The number of carbonyl (C=O) groups excluding carboxylic acids is 1. The number of piperidine rings is 1. The summed E-state index contributed by atoms with van der Waals surface area (Å²) < 4.78 is 5.87. The Labute approximate surface area is 121 Å². The number of likely N-dealkylation sites (tertiary alicyclic amines) is 1. The molecule has 20 heavy (non-hydrogen) atoms. The second kappa shape index (κ2) is 6.27. The summed E-state index contributed by atoms with van der Waals surface area (Å²) in [4.78, 5) is 16.4. The molecule has 4 nitrogen and oxygen atoms in total. The van der Waals surface area contributed by atoms with Crippen molar-refractivity contribution >= 4 is 5.91 Å². The van der Waals surface area contributed by atoms with Gasteiger partial charge in [-0.25, -0.2) is 0 Å². The highest BCUT2D eigenvalue weighted by molar-refractivity contribution is 5.73. The molecule has 112 valence electrons. The fraction of sp³-hybridized carbons (Fsp3) is 0.812. The quantitative estimate of drug-likeness (QED) is 0.720. The van der Waals surface area contributed by atoms with E-state index in [2.05, 4.69) is 17.1 Å². The largest absolute Gasteiger partial charge is 0.374 e. The van der Waals surface area contributed by atoms with Crippen LogP contribution >= 0.6 is 0 Å². The van der Waals surface area contributed by atoms with E-state index in [1.54, 1.807) is 6.92 Å². The van der Waals surface area contributed by atoms with E-state index in [0.717, 1.165) is 32.0 Å². The fourth-order valence-electron chi connectivity index (χ4n) is 3.88. The van der Waals surface area contributed by atoms with Crippen LogP contribution in [0.25, 0.3) is 0 Å².